The molecule has 3 fully saturated rings. The molecule has 0 saturated heterocycles. The molecule has 1 heteroatoms. The molecule has 3 aliphatic carbocycles. The van der Waals surface area contributed by atoms with Crippen LogP contribution in [-0.2, 0) is 4.79 Å². The second-order valence-corrected chi connectivity index (χ2v) is 6.81. The van der Waals surface area contributed by atoms with Crippen molar-refractivity contribution in [3.05, 3.63) is 0 Å². The summed E-state index contributed by atoms with van der Waals surface area (Å²) >= 11 is 0. The Balaban J connectivity index is 2.08. The number of hydrogen-bond acceptors (Lipinski definition) is 1. The summed E-state index contributed by atoms with van der Waals surface area (Å²) in [6.07, 6.45) is 6.05. The summed E-state index contributed by atoms with van der Waals surface area (Å²) in [5.41, 5.74) is 0.848. The highest BCUT2D eigenvalue weighted by molar-refractivity contribution is 5.83. The minimum Gasteiger partial charge on any atom is -0.299 e. The Hall–Kier alpha value is -0.330. The van der Waals surface area contributed by atoms with E-state index >= 15 is 0 Å². The largest absolute Gasteiger partial charge is 0.299 e. The van der Waals surface area contributed by atoms with Gasteiger partial charge in [0.05, 0.1) is 0 Å². The summed E-state index contributed by atoms with van der Waals surface area (Å²) in [7, 11) is 0. The van der Waals surface area contributed by atoms with Crippen LogP contribution in [0, 0.1) is 28.6 Å². The molecule has 0 aliphatic heterocycles. The first-order valence-corrected chi connectivity index (χ1v) is 6.51. The number of Topliss-reactive ketones (excluding diaryl/α,β-unsaturated/α-hetero) is 1. The van der Waals surface area contributed by atoms with Crippen LogP contribution in [0.2, 0.25) is 0 Å². The maximum Gasteiger partial charge on any atom is 0.136 e. The molecule has 1 unspecified atom stereocenters. The molecule has 4 atom stereocenters. The molecule has 0 aromatic heterocycles. The fraction of sp³-hybridized carbons (Fsp3) is 0.929. The summed E-state index contributed by atoms with van der Waals surface area (Å²) in [6, 6.07) is 0. The van der Waals surface area contributed by atoms with Crippen molar-refractivity contribution in [2.75, 3.05) is 0 Å². The van der Waals surface area contributed by atoms with Crippen molar-refractivity contribution in [2.24, 2.45) is 28.6 Å². The van der Waals surface area contributed by atoms with Gasteiger partial charge in [0.1, 0.15) is 5.78 Å². The zero-order chi connectivity index (χ0) is 10.8. The normalized spacial score (nSPS) is 51.9. The van der Waals surface area contributed by atoms with Gasteiger partial charge >= 0.3 is 0 Å². The first kappa shape index (κ1) is 9.86. The molecule has 3 rings (SSSR count). The minimum absolute atomic E-state index is 0.290. The van der Waals surface area contributed by atoms with Crippen LogP contribution in [0.25, 0.3) is 0 Å². The molecule has 1 spiro atoms. The summed E-state index contributed by atoms with van der Waals surface area (Å²) < 4.78 is 0. The summed E-state index contributed by atoms with van der Waals surface area (Å²) in [5.74, 6) is 2.64. The van der Waals surface area contributed by atoms with Crippen molar-refractivity contribution in [1.29, 1.82) is 0 Å². The van der Waals surface area contributed by atoms with Crippen molar-refractivity contribution < 1.29 is 4.79 Å². The van der Waals surface area contributed by atoms with Crippen molar-refractivity contribution in [3.63, 3.8) is 0 Å². The van der Waals surface area contributed by atoms with Crippen molar-refractivity contribution >= 4 is 5.78 Å². The molecule has 0 aromatic carbocycles. The lowest BCUT2D eigenvalue weighted by atomic mass is 9.67. The molecule has 3 aliphatic rings. The molecule has 15 heavy (non-hydrogen) atoms. The highest BCUT2D eigenvalue weighted by Gasteiger charge is 2.65. The Morgan fingerprint density at radius 3 is 2.73 bits per heavy atom. The van der Waals surface area contributed by atoms with Crippen LogP contribution < -0.4 is 0 Å². The number of ketones is 1. The molecule has 0 amide bonds. The summed E-state index contributed by atoms with van der Waals surface area (Å²) in [4.78, 5) is 12.0. The zero-order valence-corrected chi connectivity index (χ0v) is 10.2. The SMILES string of the molecule is C[C@@H]1CC[C@@H]2C(C)(C)C3C[C@]12CCC3=O. The van der Waals surface area contributed by atoms with E-state index in [9.17, 15) is 4.79 Å². The Kier molecular flexibility index (Phi) is 1.76. The van der Waals surface area contributed by atoms with Crippen LogP contribution in [0.3, 0.4) is 0 Å². The van der Waals surface area contributed by atoms with Crippen LogP contribution in [0.5, 0.6) is 0 Å². The quantitative estimate of drug-likeness (QED) is 0.593. The molecule has 3 saturated carbocycles. The number of carbonyl (C=O) groups excluding carboxylic acids is 1. The van der Waals surface area contributed by atoms with Gasteiger partial charge in [0.25, 0.3) is 0 Å². The van der Waals surface area contributed by atoms with Gasteiger partial charge in [-0.1, -0.05) is 20.8 Å². The van der Waals surface area contributed by atoms with Crippen molar-refractivity contribution in [1.82, 2.24) is 0 Å². The third-order valence-corrected chi connectivity index (χ3v) is 6.17. The molecule has 0 aromatic rings. The molecular formula is C14H22O. The van der Waals surface area contributed by atoms with Crippen molar-refractivity contribution in [3.8, 4) is 0 Å². The van der Waals surface area contributed by atoms with Gasteiger partial charge in [0.2, 0.25) is 0 Å². The van der Waals surface area contributed by atoms with Gasteiger partial charge < -0.3 is 0 Å². The lowest BCUT2D eigenvalue weighted by Gasteiger charge is -2.37. The molecule has 1 nitrogen and oxygen atoms in total. The lowest BCUT2D eigenvalue weighted by Crippen LogP contribution is -2.31. The van der Waals surface area contributed by atoms with E-state index in [0.29, 0.717) is 22.5 Å². The van der Waals surface area contributed by atoms with E-state index in [1.165, 1.54) is 25.7 Å². The molecule has 84 valence electrons. The van der Waals surface area contributed by atoms with E-state index in [1.54, 1.807) is 0 Å². The fourth-order valence-corrected chi connectivity index (χ4v) is 5.26. The molecular weight excluding hydrogens is 184 g/mol. The second-order valence-electron chi connectivity index (χ2n) is 6.81. The number of hydrogen-bond donors (Lipinski definition) is 0. The van der Waals surface area contributed by atoms with E-state index in [4.69, 9.17) is 0 Å². The predicted molar refractivity (Wildman–Crippen MR) is 60.5 cm³/mol. The average molecular weight is 206 g/mol. The number of rotatable bonds is 0. The molecule has 0 N–H and O–H groups in total. The first-order chi connectivity index (χ1) is 6.98. The maximum atomic E-state index is 12.0. The van der Waals surface area contributed by atoms with Gasteiger partial charge in [-0.15, -0.1) is 0 Å². The minimum atomic E-state index is 0.290. The first-order valence-electron chi connectivity index (χ1n) is 6.51. The van der Waals surface area contributed by atoms with Gasteiger partial charge in [-0.05, 0) is 48.3 Å². The van der Waals surface area contributed by atoms with Crippen LogP contribution in [0.4, 0.5) is 0 Å². The third kappa shape index (κ3) is 0.976. The van der Waals surface area contributed by atoms with Crippen LogP contribution in [-0.4, -0.2) is 5.78 Å². The van der Waals surface area contributed by atoms with Gasteiger partial charge in [-0.3, -0.25) is 4.79 Å². The summed E-state index contributed by atoms with van der Waals surface area (Å²) in [6.45, 7) is 7.13. The van der Waals surface area contributed by atoms with Gasteiger partial charge in [-0.25, -0.2) is 0 Å². The van der Waals surface area contributed by atoms with Crippen LogP contribution >= 0.6 is 0 Å². The maximum absolute atomic E-state index is 12.0. The monoisotopic (exact) mass is 206 g/mol. The van der Waals surface area contributed by atoms with E-state index in [2.05, 4.69) is 20.8 Å². The average Bonchev–Trinajstić information content (AvgIpc) is 2.57. The zero-order valence-electron chi connectivity index (χ0n) is 10.2. The third-order valence-electron chi connectivity index (χ3n) is 6.17. The number of fused-ring (bicyclic) bond motifs is 1. The second kappa shape index (κ2) is 2.67. The standard InChI is InChI=1S/C14H22O/c1-9-4-5-12-13(2,3)10-8-14(9,12)7-6-11(10)15/h9-10,12H,4-8H2,1-3H3/t9-,10?,12-,14-/m1/s1. The van der Waals surface area contributed by atoms with Gasteiger partial charge in [0.15, 0.2) is 0 Å². The fourth-order valence-electron chi connectivity index (χ4n) is 5.26. The Labute approximate surface area is 92.6 Å². The van der Waals surface area contributed by atoms with E-state index in [1.807, 2.05) is 0 Å². The molecule has 2 bridgehead atoms. The Bertz CT molecular complexity index is 317. The van der Waals surface area contributed by atoms with E-state index in [-0.39, 0.29) is 0 Å². The van der Waals surface area contributed by atoms with Gasteiger partial charge in [0, 0.05) is 12.3 Å². The van der Waals surface area contributed by atoms with E-state index in [0.717, 1.165) is 18.3 Å². The lowest BCUT2D eigenvalue weighted by molar-refractivity contribution is -0.127. The molecule has 0 heterocycles. The van der Waals surface area contributed by atoms with Crippen LogP contribution in [0.15, 0.2) is 0 Å². The van der Waals surface area contributed by atoms with Gasteiger partial charge in [-0.2, -0.15) is 0 Å². The highest BCUT2D eigenvalue weighted by Crippen LogP contribution is 2.70. The highest BCUT2D eigenvalue weighted by atomic mass is 16.1. The van der Waals surface area contributed by atoms with Crippen LogP contribution in [0.1, 0.15) is 52.9 Å². The van der Waals surface area contributed by atoms with E-state index < -0.39 is 0 Å². The summed E-state index contributed by atoms with van der Waals surface area (Å²) in [5, 5.41) is 0. The molecule has 0 radical (unpaired) electrons. The predicted octanol–water partition coefficient (Wildman–Crippen LogP) is 3.43. The Morgan fingerprint density at radius 1 is 1.27 bits per heavy atom. The smallest absolute Gasteiger partial charge is 0.136 e. The number of carbonyl (C=O) groups is 1. The van der Waals surface area contributed by atoms with Crippen molar-refractivity contribution in [2.45, 2.75) is 52.9 Å². The Morgan fingerprint density at radius 2 is 2.00 bits per heavy atom. The topological polar surface area (TPSA) is 17.1 Å².